The average Bonchev–Trinajstić information content (AvgIpc) is 1.89. The van der Waals surface area contributed by atoms with Gasteiger partial charge in [0.25, 0.3) is 0 Å². The van der Waals surface area contributed by atoms with E-state index in [-0.39, 0.29) is 6.29 Å². The van der Waals surface area contributed by atoms with E-state index in [2.05, 4.69) is 5.73 Å². The zero-order chi connectivity index (χ0) is 8.04. The molecule has 0 bridgehead atoms. The molecule has 0 aromatic rings. The summed E-state index contributed by atoms with van der Waals surface area (Å²) in [5, 5.41) is 0. The second-order valence-corrected chi connectivity index (χ2v) is 3.86. The Morgan fingerprint density at radius 2 is 1.70 bits per heavy atom. The Balaban J connectivity index is 3.83. The van der Waals surface area contributed by atoms with Crippen LogP contribution in [0, 0.1) is 0 Å². The molecule has 0 atom stereocenters. The van der Waals surface area contributed by atoms with Crippen LogP contribution in [0.1, 0.15) is 13.8 Å². The van der Waals surface area contributed by atoms with Gasteiger partial charge in [-0.05, 0) is 13.8 Å². The van der Waals surface area contributed by atoms with Gasteiger partial charge in [0.1, 0.15) is 0 Å². The van der Waals surface area contributed by atoms with E-state index in [0.29, 0.717) is 13.2 Å². The van der Waals surface area contributed by atoms with Gasteiger partial charge in [0.05, 0.1) is 13.2 Å². The van der Waals surface area contributed by atoms with Gasteiger partial charge in [0, 0.05) is 0 Å². The SMILES string of the molecule is CCOP(=O)(C[NH3+])OCC. The quantitative estimate of drug-likeness (QED) is 0.606. The van der Waals surface area contributed by atoms with Crippen molar-refractivity contribution in [3.8, 4) is 0 Å². The first-order chi connectivity index (χ1) is 4.68. The zero-order valence-corrected chi connectivity index (χ0v) is 7.39. The highest BCUT2D eigenvalue weighted by atomic mass is 31.2. The average molecular weight is 168 g/mol. The summed E-state index contributed by atoms with van der Waals surface area (Å²) in [4.78, 5) is 0. The minimum atomic E-state index is -2.81. The summed E-state index contributed by atoms with van der Waals surface area (Å²) in [5.41, 5.74) is 3.48. The first-order valence-corrected chi connectivity index (χ1v) is 5.08. The first-order valence-electron chi connectivity index (χ1n) is 3.36. The van der Waals surface area contributed by atoms with Crippen molar-refractivity contribution in [3.05, 3.63) is 0 Å². The van der Waals surface area contributed by atoms with Gasteiger partial charge >= 0.3 is 7.60 Å². The molecule has 4 nitrogen and oxygen atoms in total. The van der Waals surface area contributed by atoms with Gasteiger partial charge in [-0.15, -0.1) is 0 Å². The van der Waals surface area contributed by atoms with Gasteiger partial charge < -0.3 is 14.8 Å². The Hall–Kier alpha value is 0.110. The highest BCUT2D eigenvalue weighted by Crippen LogP contribution is 2.45. The molecule has 0 heterocycles. The van der Waals surface area contributed by atoms with Crippen LogP contribution in [0.25, 0.3) is 0 Å². The molecule has 10 heavy (non-hydrogen) atoms. The number of quaternary nitrogens is 1. The summed E-state index contributed by atoms with van der Waals surface area (Å²) in [6.45, 7) is 4.38. The number of rotatable bonds is 5. The molecule has 0 fully saturated rings. The van der Waals surface area contributed by atoms with Gasteiger partial charge in [-0.2, -0.15) is 0 Å². The molecule has 0 saturated heterocycles. The van der Waals surface area contributed by atoms with E-state index >= 15 is 0 Å². The van der Waals surface area contributed by atoms with Crippen LogP contribution in [0.15, 0.2) is 0 Å². The van der Waals surface area contributed by atoms with Crippen LogP contribution in [0.3, 0.4) is 0 Å². The minimum absolute atomic E-state index is 0.203. The van der Waals surface area contributed by atoms with Crippen molar-refractivity contribution >= 4 is 7.60 Å². The Kier molecular flexibility index (Phi) is 4.91. The van der Waals surface area contributed by atoms with Crippen LogP contribution >= 0.6 is 7.60 Å². The van der Waals surface area contributed by atoms with Crippen molar-refractivity contribution in [3.63, 3.8) is 0 Å². The Bertz CT molecular complexity index is 118. The van der Waals surface area contributed by atoms with Crippen molar-refractivity contribution in [2.75, 3.05) is 19.5 Å². The fourth-order valence-electron chi connectivity index (χ4n) is 0.560. The van der Waals surface area contributed by atoms with Crippen molar-refractivity contribution in [2.24, 2.45) is 0 Å². The fraction of sp³-hybridized carbons (Fsp3) is 1.00. The second-order valence-electron chi connectivity index (χ2n) is 1.67. The smallest absolute Gasteiger partial charge is 0.348 e. The maximum absolute atomic E-state index is 11.3. The Morgan fingerprint density at radius 3 is 1.90 bits per heavy atom. The standard InChI is InChI=1S/C5H14NO3P/c1-3-8-10(7,5-6)9-4-2/h3-6H2,1-2H3/p+1. The molecule has 0 rings (SSSR count). The van der Waals surface area contributed by atoms with Gasteiger partial charge in [0.15, 0.2) is 6.29 Å². The van der Waals surface area contributed by atoms with Crippen LogP contribution in [0.4, 0.5) is 0 Å². The van der Waals surface area contributed by atoms with Crippen molar-refractivity contribution < 1.29 is 19.3 Å². The van der Waals surface area contributed by atoms with Crippen molar-refractivity contribution in [1.82, 2.24) is 0 Å². The lowest BCUT2D eigenvalue weighted by Gasteiger charge is -2.11. The minimum Gasteiger partial charge on any atom is -0.348 e. The summed E-state index contributed by atoms with van der Waals surface area (Å²) in [6.07, 6.45) is 0.203. The maximum Gasteiger partial charge on any atom is 0.384 e. The molecule has 0 aromatic carbocycles. The van der Waals surface area contributed by atoms with E-state index in [4.69, 9.17) is 9.05 Å². The van der Waals surface area contributed by atoms with E-state index in [1.54, 1.807) is 13.8 Å². The molecular weight excluding hydrogens is 153 g/mol. The van der Waals surface area contributed by atoms with E-state index in [1.807, 2.05) is 0 Å². The Labute approximate surface area is 61.2 Å². The molecule has 0 spiro atoms. The van der Waals surface area contributed by atoms with Gasteiger partial charge in [0.2, 0.25) is 0 Å². The molecule has 0 radical (unpaired) electrons. The molecule has 0 aliphatic heterocycles. The molecule has 5 heteroatoms. The molecule has 0 aliphatic rings. The lowest BCUT2D eigenvalue weighted by atomic mass is 10.9. The topological polar surface area (TPSA) is 63.2 Å². The lowest BCUT2D eigenvalue weighted by Crippen LogP contribution is -2.50. The van der Waals surface area contributed by atoms with Crippen LogP contribution in [0.5, 0.6) is 0 Å². The predicted octanol–water partition coefficient (Wildman–Crippen LogP) is 0.452. The van der Waals surface area contributed by atoms with Crippen molar-refractivity contribution in [1.29, 1.82) is 0 Å². The number of hydrogen-bond acceptors (Lipinski definition) is 3. The molecule has 0 aliphatic carbocycles. The van der Waals surface area contributed by atoms with Gasteiger partial charge in [-0.1, -0.05) is 0 Å². The first kappa shape index (κ1) is 10.1. The van der Waals surface area contributed by atoms with Gasteiger partial charge in [-0.25, -0.2) is 0 Å². The molecule has 0 amide bonds. The number of hydrogen-bond donors (Lipinski definition) is 1. The monoisotopic (exact) mass is 168 g/mol. The third kappa shape index (κ3) is 3.32. The molecule has 0 unspecified atom stereocenters. The van der Waals surface area contributed by atoms with Crippen LogP contribution in [-0.4, -0.2) is 19.5 Å². The Morgan fingerprint density at radius 1 is 1.30 bits per heavy atom. The van der Waals surface area contributed by atoms with Gasteiger partial charge in [-0.3, -0.25) is 4.57 Å². The largest absolute Gasteiger partial charge is 0.384 e. The van der Waals surface area contributed by atoms with E-state index < -0.39 is 7.60 Å². The summed E-state index contributed by atoms with van der Waals surface area (Å²) in [7, 11) is -2.81. The van der Waals surface area contributed by atoms with E-state index in [1.165, 1.54) is 0 Å². The highest BCUT2D eigenvalue weighted by molar-refractivity contribution is 7.53. The summed E-state index contributed by atoms with van der Waals surface area (Å²) < 4.78 is 21.1. The van der Waals surface area contributed by atoms with E-state index in [0.717, 1.165) is 0 Å². The molecule has 3 N–H and O–H groups in total. The van der Waals surface area contributed by atoms with E-state index in [9.17, 15) is 4.57 Å². The third-order valence-electron chi connectivity index (χ3n) is 0.925. The molecular formula is C5H15NO3P+. The predicted molar refractivity (Wildman–Crippen MR) is 38.6 cm³/mol. The van der Waals surface area contributed by atoms with Crippen molar-refractivity contribution in [2.45, 2.75) is 13.8 Å². The summed E-state index contributed by atoms with van der Waals surface area (Å²) in [5.74, 6) is 0. The summed E-state index contributed by atoms with van der Waals surface area (Å²) >= 11 is 0. The van der Waals surface area contributed by atoms with Crippen LogP contribution < -0.4 is 5.73 Å². The lowest BCUT2D eigenvalue weighted by molar-refractivity contribution is -0.345. The third-order valence-corrected chi connectivity index (χ3v) is 2.78. The normalized spacial score (nSPS) is 11.9. The maximum atomic E-state index is 11.3. The van der Waals surface area contributed by atoms with Crippen LogP contribution in [0.2, 0.25) is 0 Å². The second kappa shape index (κ2) is 4.85. The zero-order valence-electron chi connectivity index (χ0n) is 6.50. The highest BCUT2D eigenvalue weighted by Gasteiger charge is 2.22. The van der Waals surface area contributed by atoms with Crippen LogP contribution in [-0.2, 0) is 13.6 Å². The fourth-order valence-corrected chi connectivity index (χ4v) is 1.68. The summed E-state index contributed by atoms with van der Waals surface area (Å²) in [6, 6.07) is 0. The molecule has 62 valence electrons. The molecule has 0 saturated carbocycles. The molecule has 0 aromatic heterocycles.